The van der Waals surface area contributed by atoms with E-state index in [1.807, 2.05) is 12.1 Å². The Balaban J connectivity index is 1.81. The maximum Gasteiger partial charge on any atom is 0.0991 e. The van der Waals surface area contributed by atoms with Gasteiger partial charge in [0.05, 0.1) is 11.6 Å². The van der Waals surface area contributed by atoms with Crippen molar-refractivity contribution < 1.29 is 0 Å². The summed E-state index contributed by atoms with van der Waals surface area (Å²) in [5.74, 6) is 0.914. The van der Waals surface area contributed by atoms with Crippen molar-refractivity contribution in [2.45, 2.75) is 45.1 Å². The second-order valence-electron chi connectivity index (χ2n) is 5.30. The molecule has 96 valence electrons. The molecule has 0 radical (unpaired) electrons. The minimum absolute atomic E-state index is 0.680. The van der Waals surface area contributed by atoms with Gasteiger partial charge in [0.1, 0.15) is 0 Å². The van der Waals surface area contributed by atoms with Gasteiger partial charge in [0, 0.05) is 6.04 Å². The molecule has 2 rings (SSSR count). The smallest absolute Gasteiger partial charge is 0.0991 e. The Hall–Kier alpha value is -1.33. The molecule has 1 heterocycles. The fraction of sp³-hybridized carbons (Fsp3) is 0.562. The number of piperidine rings is 1. The predicted molar refractivity (Wildman–Crippen MR) is 74.3 cm³/mol. The Morgan fingerprint density at radius 3 is 2.78 bits per heavy atom. The quantitative estimate of drug-likeness (QED) is 0.879. The molecule has 2 atom stereocenters. The summed E-state index contributed by atoms with van der Waals surface area (Å²) in [7, 11) is 0. The molecule has 2 nitrogen and oxygen atoms in total. The Morgan fingerprint density at radius 1 is 1.33 bits per heavy atom. The van der Waals surface area contributed by atoms with E-state index in [9.17, 15) is 0 Å². The summed E-state index contributed by atoms with van der Waals surface area (Å²) in [6.07, 6.45) is 6.30. The van der Waals surface area contributed by atoms with E-state index in [-0.39, 0.29) is 0 Å². The fourth-order valence-electron chi connectivity index (χ4n) is 2.77. The van der Waals surface area contributed by atoms with E-state index in [2.05, 4.69) is 30.4 Å². The predicted octanol–water partition coefficient (Wildman–Crippen LogP) is 3.27. The number of benzene rings is 1. The molecule has 1 aromatic carbocycles. The molecule has 18 heavy (non-hydrogen) atoms. The lowest BCUT2D eigenvalue weighted by molar-refractivity contribution is 0.285. The first-order valence-electron chi connectivity index (χ1n) is 7.04. The van der Waals surface area contributed by atoms with Gasteiger partial charge in [0.15, 0.2) is 0 Å². The van der Waals surface area contributed by atoms with Gasteiger partial charge in [0.25, 0.3) is 0 Å². The van der Waals surface area contributed by atoms with Crippen molar-refractivity contribution in [2.75, 3.05) is 6.54 Å². The summed E-state index contributed by atoms with van der Waals surface area (Å²) in [6.45, 7) is 3.48. The topological polar surface area (TPSA) is 35.8 Å². The van der Waals surface area contributed by atoms with Crippen LogP contribution >= 0.6 is 0 Å². The van der Waals surface area contributed by atoms with Gasteiger partial charge in [-0.1, -0.05) is 25.5 Å². The number of nitriles is 1. The van der Waals surface area contributed by atoms with Gasteiger partial charge in [-0.25, -0.2) is 0 Å². The lowest BCUT2D eigenvalue weighted by Gasteiger charge is -2.29. The molecule has 2 heteroatoms. The maximum absolute atomic E-state index is 8.76. The summed E-state index contributed by atoms with van der Waals surface area (Å²) in [6, 6.07) is 10.8. The highest BCUT2D eigenvalue weighted by Gasteiger charge is 2.19. The van der Waals surface area contributed by atoms with Crippen LogP contribution in [0, 0.1) is 17.2 Å². The molecular weight excluding hydrogens is 220 g/mol. The molecule has 0 bridgehead atoms. The van der Waals surface area contributed by atoms with E-state index in [1.54, 1.807) is 0 Å². The Morgan fingerprint density at radius 2 is 2.11 bits per heavy atom. The zero-order valence-electron chi connectivity index (χ0n) is 11.2. The molecule has 0 aliphatic carbocycles. The van der Waals surface area contributed by atoms with Crippen LogP contribution in [0.5, 0.6) is 0 Å². The first-order valence-corrected chi connectivity index (χ1v) is 7.04. The first-order chi connectivity index (χ1) is 8.81. The lowest BCUT2D eigenvalue weighted by Crippen LogP contribution is -2.38. The number of nitrogens with zero attached hydrogens (tertiary/aromatic N) is 1. The second kappa shape index (κ2) is 6.56. The van der Waals surface area contributed by atoms with Crippen LogP contribution in [-0.4, -0.2) is 12.6 Å². The van der Waals surface area contributed by atoms with E-state index in [0.29, 0.717) is 6.04 Å². The molecule has 1 aromatic rings. The van der Waals surface area contributed by atoms with Gasteiger partial charge in [-0.05, 0) is 55.8 Å². The third-order valence-corrected chi connectivity index (χ3v) is 4.05. The van der Waals surface area contributed by atoms with Crippen molar-refractivity contribution in [1.82, 2.24) is 5.32 Å². The Bertz CT molecular complexity index is 402. The molecule has 0 amide bonds. The average molecular weight is 242 g/mol. The summed E-state index contributed by atoms with van der Waals surface area (Å²) in [5.41, 5.74) is 2.09. The minimum atomic E-state index is 0.680. The van der Waals surface area contributed by atoms with Crippen LogP contribution in [0.15, 0.2) is 24.3 Å². The van der Waals surface area contributed by atoms with E-state index in [0.717, 1.165) is 17.9 Å². The summed E-state index contributed by atoms with van der Waals surface area (Å²) >= 11 is 0. The highest BCUT2D eigenvalue weighted by atomic mass is 14.9. The maximum atomic E-state index is 8.76. The van der Waals surface area contributed by atoms with Crippen molar-refractivity contribution >= 4 is 0 Å². The van der Waals surface area contributed by atoms with Crippen molar-refractivity contribution in [2.24, 2.45) is 5.92 Å². The van der Waals surface area contributed by atoms with E-state index < -0.39 is 0 Å². The van der Waals surface area contributed by atoms with Crippen molar-refractivity contribution in [3.63, 3.8) is 0 Å². The normalized spacial score (nSPS) is 23.6. The standard InChI is InChI=1S/C16H22N2/c1-2-13-9-10-18-16(11-13)8-7-14-3-5-15(12-17)6-4-14/h3-6,13,16,18H,2,7-11H2,1H3. The summed E-state index contributed by atoms with van der Waals surface area (Å²) in [4.78, 5) is 0. The number of nitrogens with one attached hydrogen (secondary N) is 1. The minimum Gasteiger partial charge on any atom is -0.314 e. The van der Waals surface area contributed by atoms with Gasteiger partial charge < -0.3 is 5.32 Å². The van der Waals surface area contributed by atoms with Gasteiger partial charge >= 0.3 is 0 Å². The monoisotopic (exact) mass is 242 g/mol. The molecule has 2 unspecified atom stereocenters. The molecule has 1 aliphatic heterocycles. The van der Waals surface area contributed by atoms with Crippen LogP contribution in [0.3, 0.4) is 0 Å². The van der Waals surface area contributed by atoms with Crippen molar-refractivity contribution in [3.05, 3.63) is 35.4 Å². The Labute approximate surface area is 110 Å². The number of hydrogen-bond acceptors (Lipinski definition) is 2. The van der Waals surface area contributed by atoms with E-state index in [4.69, 9.17) is 5.26 Å². The zero-order chi connectivity index (χ0) is 12.8. The van der Waals surface area contributed by atoms with Gasteiger partial charge in [0.2, 0.25) is 0 Å². The highest BCUT2D eigenvalue weighted by molar-refractivity contribution is 5.31. The van der Waals surface area contributed by atoms with Crippen LogP contribution in [-0.2, 0) is 6.42 Å². The van der Waals surface area contributed by atoms with E-state index in [1.165, 1.54) is 37.8 Å². The van der Waals surface area contributed by atoms with Gasteiger partial charge in [-0.3, -0.25) is 0 Å². The van der Waals surface area contributed by atoms with Crippen LogP contribution in [0.25, 0.3) is 0 Å². The Kier molecular flexibility index (Phi) is 4.78. The van der Waals surface area contributed by atoms with Crippen LogP contribution in [0.4, 0.5) is 0 Å². The number of aryl methyl sites for hydroxylation is 1. The molecule has 0 spiro atoms. The molecular formula is C16H22N2. The second-order valence-corrected chi connectivity index (χ2v) is 5.30. The summed E-state index contributed by atoms with van der Waals surface area (Å²) in [5, 5.41) is 12.4. The fourth-order valence-corrected chi connectivity index (χ4v) is 2.77. The SMILES string of the molecule is CCC1CCNC(CCc2ccc(C#N)cc2)C1. The molecule has 1 N–H and O–H groups in total. The van der Waals surface area contributed by atoms with Crippen molar-refractivity contribution in [3.8, 4) is 6.07 Å². The van der Waals surface area contributed by atoms with Crippen molar-refractivity contribution in [1.29, 1.82) is 5.26 Å². The average Bonchev–Trinajstić information content (AvgIpc) is 2.46. The molecule has 0 saturated carbocycles. The molecule has 0 aromatic heterocycles. The van der Waals surface area contributed by atoms with Gasteiger partial charge in [-0.2, -0.15) is 5.26 Å². The van der Waals surface area contributed by atoms with E-state index >= 15 is 0 Å². The summed E-state index contributed by atoms with van der Waals surface area (Å²) < 4.78 is 0. The third kappa shape index (κ3) is 3.58. The molecule has 1 fully saturated rings. The largest absolute Gasteiger partial charge is 0.314 e. The van der Waals surface area contributed by atoms with Crippen LogP contribution < -0.4 is 5.32 Å². The molecule has 1 aliphatic rings. The first kappa shape index (κ1) is 13.1. The third-order valence-electron chi connectivity index (χ3n) is 4.05. The number of hydrogen-bond donors (Lipinski definition) is 1. The van der Waals surface area contributed by atoms with Gasteiger partial charge in [-0.15, -0.1) is 0 Å². The number of rotatable bonds is 4. The van der Waals surface area contributed by atoms with Crippen LogP contribution in [0.1, 0.15) is 43.7 Å². The zero-order valence-corrected chi connectivity index (χ0v) is 11.2. The highest BCUT2D eigenvalue weighted by Crippen LogP contribution is 2.22. The van der Waals surface area contributed by atoms with Crippen LogP contribution in [0.2, 0.25) is 0 Å². The lowest BCUT2D eigenvalue weighted by atomic mass is 9.88. The molecule has 1 saturated heterocycles.